The van der Waals surface area contributed by atoms with Crippen LogP contribution in [-0.4, -0.2) is 4.98 Å². The van der Waals surface area contributed by atoms with E-state index in [4.69, 9.17) is 13.8 Å². The number of benzene rings is 9. The lowest BCUT2D eigenvalue weighted by Crippen LogP contribution is -2.16. The maximum atomic E-state index is 6.83. The van der Waals surface area contributed by atoms with E-state index < -0.39 is 0 Å². The average Bonchev–Trinajstić information content (AvgIpc) is 3.98. The summed E-state index contributed by atoms with van der Waals surface area (Å²) in [7, 11) is 0. The summed E-state index contributed by atoms with van der Waals surface area (Å²) in [5.74, 6) is 0.546. The minimum Gasteiger partial charge on any atom is -0.456 e. The van der Waals surface area contributed by atoms with Crippen molar-refractivity contribution in [3.63, 3.8) is 0 Å². The molecule has 9 aromatic carbocycles. The second-order valence-electron chi connectivity index (χ2n) is 16.3. The molecule has 0 atom stereocenters. The first-order valence-corrected chi connectivity index (χ1v) is 20.5. The standard InChI is InChI=1S/C56H38N2O2/c1-56(2)46-17-9-8-16-44(46)45-30-29-42(34-47(45)56)58(41-27-24-38(25-28-41)37-22-20-36(21-23-37)35-12-4-3-5-13-35)49-32-40(55-57-48-18-10-11-19-50(48)60-55)33-52-54(49)53-43-15-7-6-14-39(43)26-31-51(53)59-52/h3-34H,1-2H3. The van der Waals surface area contributed by atoms with Gasteiger partial charge in [0.05, 0.1) is 11.1 Å². The lowest BCUT2D eigenvalue weighted by Gasteiger charge is -2.29. The molecule has 0 radical (unpaired) electrons. The SMILES string of the molecule is CC1(C)c2ccccc2-c2ccc(N(c3ccc(-c4ccc(-c5ccccc5)cc4)cc3)c3cc(-c4nc5ccccc5o4)cc4oc5ccc6ccccc6c5c34)cc21. The molecule has 0 spiro atoms. The summed E-state index contributed by atoms with van der Waals surface area (Å²) >= 11 is 0. The molecule has 60 heavy (non-hydrogen) atoms. The molecule has 0 unspecified atom stereocenters. The number of rotatable bonds is 6. The first kappa shape index (κ1) is 34.4. The molecule has 4 heteroatoms. The Morgan fingerprint density at radius 3 is 1.88 bits per heavy atom. The van der Waals surface area contributed by atoms with E-state index in [1.807, 2.05) is 24.3 Å². The van der Waals surface area contributed by atoms with E-state index in [9.17, 15) is 0 Å². The Balaban J connectivity index is 1.10. The van der Waals surface area contributed by atoms with Gasteiger partial charge in [-0.3, -0.25) is 0 Å². The van der Waals surface area contributed by atoms with Crippen molar-refractivity contribution in [3.8, 4) is 44.8 Å². The largest absolute Gasteiger partial charge is 0.456 e. The van der Waals surface area contributed by atoms with Gasteiger partial charge in [0.25, 0.3) is 0 Å². The third-order valence-electron chi connectivity index (χ3n) is 12.5. The van der Waals surface area contributed by atoms with E-state index in [1.165, 1.54) is 33.4 Å². The van der Waals surface area contributed by atoms with Crippen LogP contribution in [0.25, 0.3) is 88.6 Å². The zero-order valence-electron chi connectivity index (χ0n) is 33.2. The summed E-state index contributed by atoms with van der Waals surface area (Å²) < 4.78 is 13.3. The number of para-hydroxylation sites is 2. The van der Waals surface area contributed by atoms with E-state index in [-0.39, 0.29) is 5.41 Å². The lowest BCUT2D eigenvalue weighted by molar-refractivity contribution is 0.619. The van der Waals surface area contributed by atoms with Gasteiger partial charge in [-0.2, -0.15) is 0 Å². The van der Waals surface area contributed by atoms with Gasteiger partial charge in [0.2, 0.25) is 5.89 Å². The number of hydrogen-bond donors (Lipinski definition) is 0. The zero-order valence-corrected chi connectivity index (χ0v) is 33.2. The van der Waals surface area contributed by atoms with Crippen LogP contribution in [0.1, 0.15) is 25.0 Å². The predicted octanol–water partition coefficient (Wildman–Crippen LogP) is 15.7. The van der Waals surface area contributed by atoms with E-state index in [1.54, 1.807) is 0 Å². The van der Waals surface area contributed by atoms with Crippen LogP contribution in [0.3, 0.4) is 0 Å². The highest BCUT2D eigenvalue weighted by Gasteiger charge is 2.36. The molecule has 0 saturated carbocycles. The topological polar surface area (TPSA) is 42.4 Å². The number of furan rings is 1. The average molecular weight is 771 g/mol. The number of oxazole rings is 1. The highest BCUT2D eigenvalue weighted by Crippen LogP contribution is 2.52. The Bertz CT molecular complexity index is 3410. The van der Waals surface area contributed by atoms with Gasteiger partial charge in [0.1, 0.15) is 16.7 Å². The normalized spacial score (nSPS) is 13.0. The molecule has 12 rings (SSSR count). The molecule has 0 N–H and O–H groups in total. The highest BCUT2D eigenvalue weighted by atomic mass is 16.3. The van der Waals surface area contributed by atoms with Crippen molar-refractivity contribution < 1.29 is 8.83 Å². The highest BCUT2D eigenvalue weighted by molar-refractivity contribution is 6.23. The van der Waals surface area contributed by atoms with Crippen LogP contribution >= 0.6 is 0 Å². The summed E-state index contributed by atoms with van der Waals surface area (Å²) in [6, 6.07) is 69.1. The summed E-state index contributed by atoms with van der Waals surface area (Å²) in [5, 5.41) is 4.42. The van der Waals surface area contributed by atoms with E-state index in [2.05, 4.69) is 189 Å². The molecule has 1 aliphatic carbocycles. The quantitative estimate of drug-likeness (QED) is 0.169. The molecule has 0 aliphatic heterocycles. The van der Waals surface area contributed by atoms with Crippen LogP contribution in [0.4, 0.5) is 17.1 Å². The van der Waals surface area contributed by atoms with Crippen molar-refractivity contribution in [1.82, 2.24) is 4.98 Å². The van der Waals surface area contributed by atoms with Gasteiger partial charge in [0.15, 0.2) is 5.58 Å². The van der Waals surface area contributed by atoms with Crippen molar-refractivity contribution in [2.24, 2.45) is 0 Å². The van der Waals surface area contributed by atoms with Gasteiger partial charge < -0.3 is 13.7 Å². The van der Waals surface area contributed by atoms with Gasteiger partial charge in [0, 0.05) is 27.7 Å². The molecule has 1 aliphatic rings. The zero-order chi connectivity index (χ0) is 40.0. The van der Waals surface area contributed by atoms with Crippen LogP contribution in [0.2, 0.25) is 0 Å². The van der Waals surface area contributed by atoms with E-state index >= 15 is 0 Å². The van der Waals surface area contributed by atoms with Crippen molar-refractivity contribution in [2.45, 2.75) is 19.3 Å². The summed E-state index contributed by atoms with van der Waals surface area (Å²) in [6.07, 6.45) is 0. The minimum atomic E-state index is -0.183. The van der Waals surface area contributed by atoms with Crippen LogP contribution < -0.4 is 4.90 Å². The molecule has 284 valence electrons. The molecule has 0 bridgehead atoms. The molecule has 0 fully saturated rings. The summed E-state index contributed by atoms with van der Waals surface area (Å²) in [6.45, 7) is 4.68. The maximum Gasteiger partial charge on any atom is 0.227 e. The molecular formula is C56H38N2O2. The molecule has 11 aromatic rings. The molecule has 0 amide bonds. The fourth-order valence-corrected chi connectivity index (χ4v) is 9.49. The number of nitrogens with zero attached hydrogens (tertiary/aromatic N) is 2. The third kappa shape index (κ3) is 5.34. The third-order valence-corrected chi connectivity index (χ3v) is 12.5. The van der Waals surface area contributed by atoms with Gasteiger partial charge in [-0.25, -0.2) is 4.98 Å². The first-order chi connectivity index (χ1) is 29.5. The number of aromatic nitrogens is 1. The monoisotopic (exact) mass is 770 g/mol. The Labute approximate surface area is 347 Å². The molecule has 0 saturated heterocycles. The second kappa shape index (κ2) is 13.2. The van der Waals surface area contributed by atoms with Crippen molar-refractivity contribution >= 4 is 60.9 Å². The number of hydrogen-bond acceptors (Lipinski definition) is 4. The Hall–Kier alpha value is -7.69. The maximum absolute atomic E-state index is 6.83. The van der Waals surface area contributed by atoms with Gasteiger partial charge in [-0.1, -0.05) is 153 Å². The Kier molecular flexibility index (Phi) is 7.54. The van der Waals surface area contributed by atoms with Crippen molar-refractivity contribution in [2.75, 3.05) is 4.90 Å². The van der Waals surface area contributed by atoms with Gasteiger partial charge in [-0.05, 0) is 110 Å². The van der Waals surface area contributed by atoms with Crippen molar-refractivity contribution in [3.05, 3.63) is 205 Å². The number of fused-ring (bicyclic) bond motifs is 9. The van der Waals surface area contributed by atoms with Crippen LogP contribution in [-0.2, 0) is 5.41 Å². The van der Waals surface area contributed by atoms with Crippen LogP contribution in [0.15, 0.2) is 203 Å². The lowest BCUT2D eigenvalue weighted by atomic mass is 9.82. The van der Waals surface area contributed by atoms with Gasteiger partial charge in [-0.15, -0.1) is 0 Å². The van der Waals surface area contributed by atoms with E-state index in [0.29, 0.717) is 5.89 Å². The molecule has 2 aromatic heterocycles. The van der Waals surface area contributed by atoms with Crippen molar-refractivity contribution in [1.29, 1.82) is 0 Å². The van der Waals surface area contributed by atoms with Gasteiger partial charge >= 0.3 is 0 Å². The fourth-order valence-electron chi connectivity index (χ4n) is 9.49. The van der Waals surface area contributed by atoms with Crippen LogP contribution in [0.5, 0.6) is 0 Å². The first-order valence-electron chi connectivity index (χ1n) is 20.5. The molecular weight excluding hydrogens is 733 g/mol. The fraction of sp³-hybridized carbons (Fsp3) is 0.0536. The Morgan fingerprint density at radius 1 is 0.433 bits per heavy atom. The number of anilines is 3. The molecule has 2 heterocycles. The van der Waals surface area contributed by atoms with E-state index in [0.717, 1.165) is 77.6 Å². The Morgan fingerprint density at radius 2 is 1.08 bits per heavy atom. The predicted molar refractivity (Wildman–Crippen MR) is 247 cm³/mol. The minimum absolute atomic E-state index is 0.183. The smallest absolute Gasteiger partial charge is 0.227 e. The summed E-state index contributed by atoms with van der Waals surface area (Å²) in [5.41, 5.74) is 16.8. The second-order valence-corrected chi connectivity index (χ2v) is 16.3. The molecule has 4 nitrogen and oxygen atoms in total. The summed E-state index contributed by atoms with van der Waals surface area (Å²) in [4.78, 5) is 7.37. The van der Waals surface area contributed by atoms with Crippen LogP contribution in [0, 0.1) is 0 Å².